The summed E-state index contributed by atoms with van der Waals surface area (Å²) in [5, 5.41) is 0.801. The van der Waals surface area contributed by atoms with Crippen LogP contribution in [0.2, 0.25) is 5.02 Å². The zero-order valence-electron chi connectivity index (χ0n) is 10.6. The Labute approximate surface area is 123 Å². The first kappa shape index (κ1) is 12.8. The van der Waals surface area contributed by atoms with Crippen molar-refractivity contribution in [2.24, 2.45) is 5.41 Å². The molecule has 0 aromatic heterocycles. The fourth-order valence-electron chi connectivity index (χ4n) is 3.47. The van der Waals surface area contributed by atoms with Gasteiger partial charge in [0.2, 0.25) is 0 Å². The predicted molar refractivity (Wildman–Crippen MR) is 81.5 cm³/mol. The monoisotopic (exact) mass is 327 g/mol. The van der Waals surface area contributed by atoms with E-state index in [1.165, 1.54) is 57.3 Å². The minimum Gasteiger partial charge on any atom is -0.369 e. The average Bonchev–Trinajstić information content (AvgIpc) is 2.53. The van der Waals surface area contributed by atoms with Crippen LogP contribution in [0.4, 0.5) is 5.69 Å². The molecule has 1 heterocycles. The first-order chi connectivity index (χ1) is 8.69. The van der Waals surface area contributed by atoms with Crippen molar-refractivity contribution in [2.75, 3.05) is 18.0 Å². The molecule has 1 saturated carbocycles. The molecule has 2 aliphatic rings. The van der Waals surface area contributed by atoms with Crippen molar-refractivity contribution in [3.63, 3.8) is 0 Å². The first-order valence-electron chi connectivity index (χ1n) is 6.89. The molecule has 1 aromatic rings. The summed E-state index contributed by atoms with van der Waals surface area (Å²) >= 11 is 9.62. The molecule has 3 heteroatoms. The molecule has 0 amide bonds. The summed E-state index contributed by atoms with van der Waals surface area (Å²) in [7, 11) is 0. The van der Waals surface area contributed by atoms with Crippen LogP contribution < -0.4 is 4.90 Å². The van der Waals surface area contributed by atoms with E-state index >= 15 is 0 Å². The Hall–Kier alpha value is -0.210. The van der Waals surface area contributed by atoms with Crippen LogP contribution in [-0.4, -0.2) is 13.1 Å². The molecule has 1 aliphatic heterocycles. The van der Waals surface area contributed by atoms with Crippen LogP contribution in [-0.2, 0) is 0 Å². The van der Waals surface area contributed by atoms with Gasteiger partial charge in [-0.3, -0.25) is 0 Å². The third kappa shape index (κ3) is 2.42. The molecule has 0 N–H and O–H groups in total. The normalized spacial score (nSPS) is 22.7. The molecule has 1 aromatic carbocycles. The van der Waals surface area contributed by atoms with E-state index < -0.39 is 0 Å². The highest BCUT2D eigenvalue weighted by Crippen LogP contribution is 2.46. The van der Waals surface area contributed by atoms with E-state index in [1.54, 1.807) is 0 Å². The number of rotatable bonds is 1. The molecular weight excluding hydrogens is 310 g/mol. The van der Waals surface area contributed by atoms with Crippen LogP contribution >= 0.6 is 27.5 Å². The molecule has 0 bridgehead atoms. The number of hydrogen-bond donors (Lipinski definition) is 0. The van der Waals surface area contributed by atoms with Gasteiger partial charge >= 0.3 is 0 Å². The molecule has 0 radical (unpaired) electrons. The van der Waals surface area contributed by atoms with E-state index in [9.17, 15) is 0 Å². The molecule has 2 fully saturated rings. The molecule has 1 aliphatic carbocycles. The standard InChI is InChI=1S/C15H19BrClN/c16-13-9-12(17)5-6-14(13)18-10-15(11-18)7-3-1-2-4-8-15/h5-6,9H,1-4,7-8,10-11H2. The topological polar surface area (TPSA) is 3.24 Å². The van der Waals surface area contributed by atoms with E-state index in [0.29, 0.717) is 5.41 Å². The highest BCUT2D eigenvalue weighted by atomic mass is 79.9. The fraction of sp³-hybridized carbons (Fsp3) is 0.600. The van der Waals surface area contributed by atoms with Crippen LogP contribution in [0.5, 0.6) is 0 Å². The first-order valence-corrected chi connectivity index (χ1v) is 8.06. The maximum atomic E-state index is 6.00. The molecule has 98 valence electrons. The van der Waals surface area contributed by atoms with Crippen molar-refractivity contribution < 1.29 is 0 Å². The summed E-state index contributed by atoms with van der Waals surface area (Å²) in [5.74, 6) is 0. The quantitative estimate of drug-likeness (QED) is 0.679. The Balaban J connectivity index is 1.70. The van der Waals surface area contributed by atoms with Gasteiger partial charge in [0, 0.05) is 28.0 Å². The van der Waals surface area contributed by atoms with Gasteiger partial charge in [-0.05, 0) is 47.0 Å². The second-order valence-electron chi connectivity index (χ2n) is 5.87. The fourth-order valence-corrected chi connectivity index (χ4v) is 4.40. The Morgan fingerprint density at radius 3 is 2.33 bits per heavy atom. The van der Waals surface area contributed by atoms with Crippen molar-refractivity contribution in [1.29, 1.82) is 0 Å². The summed E-state index contributed by atoms with van der Waals surface area (Å²) in [6, 6.07) is 6.12. The van der Waals surface area contributed by atoms with E-state index in [-0.39, 0.29) is 0 Å². The van der Waals surface area contributed by atoms with Gasteiger partial charge in [-0.15, -0.1) is 0 Å². The van der Waals surface area contributed by atoms with Gasteiger partial charge in [0.15, 0.2) is 0 Å². The third-order valence-electron chi connectivity index (χ3n) is 4.47. The van der Waals surface area contributed by atoms with E-state index in [4.69, 9.17) is 11.6 Å². The number of anilines is 1. The number of benzene rings is 1. The molecule has 3 rings (SSSR count). The van der Waals surface area contributed by atoms with Crippen molar-refractivity contribution in [3.05, 3.63) is 27.7 Å². The molecule has 0 unspecified atom stereocenters. The molecular formula is C15H19BrClN. The zero-order chi connectivity index (χ0) is 12.6. The molecule has 1 saturated heterocycles. The van der Waals surface area contributed by atoms with Crippen LogP contribution in [0.3, 0.4) is 0 Å². The van der Waals surface area contributed by atoms with Gasteiger partial charge in [-0.1, -0.05) is 37.3 Å². The zero-order valence-corrected chi connectivity index (χ0v) is 12.9. The van der Waals surface area contributed by atoms with Crippen molar-refractivity contribution in [2.45, 2.75) is 38.5 Å². The van der Waals surface area contributed by atoms with Gasteiger partial charge in [-0.25, -0.2) is 0 Å². The maximum absolute atomic E-state index is 6.00. The summed E-state index contributed by atoms with van der Waals surface area (Å²) < 4.78 is 1.12. The lowest BCUT2D eigenvalue weighted by Gasteiger charge is -2.52. The molecule has 0 atom stereocenters. The Kier molecular flexibility index (Phi) is 3.59. The second-order valence-corrected chi connectivity index (χ2v) is 7.16. The van der Waals surface area contributed by atoms with Gasteiger partial charge < -0.3 is 4.90 Å². The lowest BCUT2D eigenvalue weighted by Crippen LogP contribution is -2.56. The molecule has 1 nitrogen and oxygen atoms in total. The van der Waals surface area contributed by atoms with E-state index in [0.717, 1.165) is 9.50 Å². The highest BCUT2D eigenvalue weighted by molar-refractivity contribution is 9.10. The molecule has 1 spiro atoms. The lowest BCUT2D eigenvalue weighted by molar-refractivity contribution is 0.180. The summed E-state index contributed by atoms with van der Waals surface area (Å²) in [6.07, 6.45) is 8.58. The Bertz CT molecular complexity index is 430. The van der Waals surface area contributed by atoms with Gasteiger partial charge in [0.1, 0.15) is 0 Å². The number of hydrogen-bond acceptors (Lipinski definition) is 1. The summed E-state index contributed by atoms with van der Waals surface area (Å²) in [6.45, 7) is 2.46. The highest BCUT2D eigenvalue weighted by Gasteiger charge is 2.42. The largest absolute Gasteiger partial charge is 0.369 e. The number of nitrogens with zero attached hydrogens (tertiary/aromatic N) is 1. The van der Waals surface area contributed by atoms with Crippen LogP contribution in [0, 0.1) is 5.41 Å². The van der Waals surface area contributed by atoms with Crippen LogP contribution in [0.1, 0.15) is 38.5 Å². The molecule has 18 heavy (non-hydrogen) atoms. The predicted octanol–water partition coefficient (Wildman–Crippen LogP) is 5.26. The Morgan fingerprint density at radius 1 is 1.06 bits per heavy atom. The van der Waals surface area contributed by atoms with Gasteiger partial charge in [-0.2, -0.15) is 0 Å². The van der Waals surface area contributed by atoms with Gasteiger partial charge in [0.25, 0.3) is 0 Å². The summed E-state index contributed by atoms with van der Waals surface area (Å²) in [4.78, 5) is 2.49. The average molecular weight is 329 g/mol. The van der Waals surface area contributed by atoms with Crippen molar-refractivity contribution >= 4 is 33.2 Å². The minimum atomic E-state index is 0.621. The SMILES string of the molecule is Clc1ccc(N2CC3(CCCCCC3)C2)c(Br)c1. The lowest BCUT2D eigenvalue weighted by atomic mass is 9.73. The second kappa shape index (κ2) is 5.05. The van der Waals surface area contributed by atoms with E-state index in [1.807, 2.05) is 12.1 Å². The Morgan fingerprint density at radius 2 is 1.72 bits per heavy atom. The van der Waals surface area contributed by atoms with Crippen LogP contribution in [0.25, 0.3) is 0 Å². The van der Waals surface area contributed by atoms with Gasteiger partial charge in [0.05, 0.1) is 5.69 Å². The number of halogens is 2. The van der Waals surface area contributed by atoms with E-state index in [2.05, 4.69) is 26.9 Å². The minimum absolute atomic E-state index is 0.621. The smallest absolute Gasteiger partial charge is 0.0512 e. The van der Waals surface area contributed by atoms with Crippen molar-refractivity contribution in [1.82, 2.24) is 0 Å². The maximum Gasteiger partial charge on any atom is 0.0512 e. The summed E-state index contributed by atoms with van der Waals surface area (Å²) in [5.41, 5.74) is 1.92. The van der Waals surface area contributed by atoms with Crippen molar-refractivity contribution in [3.8, 4) is 0 Å². The third-order valence-corrected chi connectivity index (χ3v) is 5.34. The van der Waals surface area contributed by atoms with Crippen LogP contribution in [0.15, 0.2) is 22.7 Å².